The zero-order chi connectivity index (χ0) is 15.1. The van der Waals surface area contributed by atoms with Gasteiger partial charge < -0.3 is 4.90 Å². The minimum Gasteiger partial charge on any atom is -0.306 e. The van der Waals surface area contributed by atoms with Gasteiger partial charge in [0.15, 0.2) is 0 Å². The highest BCUT2D eigenvalue weighted by Crippen LogP contribution is 2.30. The molecular formula is C19H16N2O. The van der Waals surface area contributed by atoms with Gasteiger partial charge in [0.2, 0.25) is 0 Å². The molecule has 2 heterocycles. The number of amides is 1. The van der Waals surface area contributed by atoms with E-state index >= 15 is 0 Å². The van der Waals surface area contributed by atoms with Crippen LogP contribution >= 0.6 is 0 Å². The van der Waals surface area contributed by atoms with E-state index in [0.29, 0.717) is 6.54 Å². The lowest BCUT2D eigenvalue weighted by atomic mass is 9.94. The summed E-state index contributed by atoms with van der Waals surface area (Å²) in [5.74, 6) is 0.0810. The maximum absolute atomic E-state index is 13.0. The highest BCUT2D eigenvalue weighted by atomic mass is 16.2. The number of fused-ring (bicyclic) bond motifs is 2. The molecule has 0 spiro atoms. The fraction of sp³-hybridized carbons (Fsp3) is 0.158. The summed E-state index contributed by atoms with van der Waals surface area (Å²) < 4.78 is 0. The minimum absolute atomic E-state index is 0.0810. The molecule has 0 fully saturated rings. The van der Waals surface area contributed by atoms with E-state index in [1.54, 1.807) is 6.20 Å². The van der Waals surface area contributed by atoms with Crippen LogP contribution in [-0.4, -0.2) is 17.4 Å². The van der Waals surface area contributed by atoms with Crippen LogP contribution < -0.4 is 4.90 Å². The van der Waals surface area contributed by atoms with Gasteiger partial charge in [-0.2, -0.15) is 0 Å². The molecule has 1 aliphatic heterocycles. The molecule has 1 amide bonds. The van der Waals surface area contributed by atoms with E-state index in [9.17, 15) is 4.79 Å². The summed E-state index contributed by atoms with van der Waals surface area (Å²) >= 11 is 0. The Labute approximate surface area is 129 Å². The quantitative estimate of drug-likeness (QED) is 0.683. The van der Waals surface area contributed by atoms with Crippen LogP contribution in [0.4, 0.5) is 5.69 Å². The van der Waals surface area contributed by atoms with Crippen molar-refractivity contribution < 1.29 is 4.79 Å². The summed E-state index contributed by atoms with van der Waals surface area (Å²) in [6, 6.07) is 16.0. The standard InChI is InChI=1S/C19H16N2O/c1-13-5-2-6-14-10-12-21(19(22)17(13)14)16-9-3-7-15-8-4-11-20-18(15)16/h2-9,11H,10,12H2,1H3. The van der Waals surface area contributed by atoms with Gasteiger partial charge in [0.25, 0.3) is 5.91 Å². The first-order chi connectivity index (χ1) is 10.8. The number of hydrogen-bond acceptors (Lipinski definition) is 2. The monoisotopic (exact) mass is 288 g/mol. The van der Waals surface area contributed by atoms with Gasteiger partial charge in [0.1, 0.15) is 0 Å². The Morgan fingerprint density at radius 1 is 1.05 bits per heavy atom. The summed E-state index contributed by atoms with van der Waals surface area (Å²) in [6.07, 6.45) is 2.66. The molecule has 1 aromatic heterocycles. The van der Waals surface area contributed by atoms with Crippen molar-refractivity contribution in [3.8, 4) is 0 Å². The molecule has 0 atom stereocenters. The van der Waals surface area contributed by atoms with Crippen molar-refractivity contribution in [1.82, 2.24) is 4.98 Å². The Kier molecular flexibility index (Phi) is 2.93. The van der Waals surface area contributed by atoms with E-state index in [1.807, 2.05) is 54.3 Å². The molecule has 0 bridgehead atoms. The van der Waals surface area contributed by atoms with Gasteiger partial charge in [-0.1, -0.05) is 36.4 Å². The number of para-hydroxylation sites is 1. The zero-order valence-electron chi connectivity index (χ0n) is 12.4. The summed E-state index contributed by atoms with van der Waals surface area (Å²) in [7, 11) is 0. The average Bonchev–Trinajstić information content (AvgIpc) is 2.55. The lowest BCUT2D eigenvalue weighted by molar-refractivity contribution is 0.0980. The van der Waals surface area contributed by atoms with Gasteiger partial charge in [0, 0.05) is 23.7 Å². The molecule has 3 aromatic rings. The fourth-order valence-electron chi connectivity index (χ4n) is 3.25. The molecule has 4 rings (SSSR count). The smallest absolute Gasteiger partial charge is 0.258 e. The third kappa shape index (κ3) is 1.90. The summed E-state index contributed by atoms with van der Waals surface area (Å²) in [5.41, 5.74) is 4.82. The van der Waals surface area contributed by atoms with Gasteiger partial charge in [-0.25, -0.2) is 0 Å². The van der Waals surface area contributed by atoms with E-state index in [-0.39, 0.29) is 5.91 Å². The van der Waals surface area contributed by atoms with Crippen LogP contribution in [0.3, 0.4) is 0 Å². The first-order valence-electron chi connectivity index (χ1n) is 7.50. The van der Waals surface area contributed by atoms with E-state index in [2.05, 4.69) is 11.1 Å². The maximum Gasteiger partial charge on any atom is 0.258 e. The highest BCUT2D eigenvalue weighted by Gasteiger charge is 2.27. The highest BCUT2D eigenvalue weighted by molar-refractivity contribution is 6.12. The second-order valence-corrected chi connectivity index (χ2v) is 5.67. The molecule has 0 unspecified atom stereocenters. The van der Waals surface area contributed by atoms with Crippen LogP contribution in [-0.2, 0) is 6.42 Å². The van der Waals surface area contributed by atoms with Gasteiger partial charge in [-0.05, 0) is 36.6 Å². The molecular weight excluding hydrogens is 272 g/mol. The molecule has 3 nitrogen and oxygen atoms in total. The van der Waals surface area contributed by atoms with Crippen molar-refractivity contribution in [2.24, 2.45) is 0 Å². The second kappa shape index (κ2) is 4.95. The molecule has 0 N–H and O–H groups in total. The third-order valence-electron chi connectivity index (χ3n) is 4.33. The topological polar surface area (TPSA) is 33.2 Å². The number of aryl methyl sites for hydroxylation is 1. The predicted molar refractivity (Wildman–Crippen MR) is 88.3 cm³/mol. The van der Waals surface area contributed by atoms with Crippen molar-refractivity contribution in [3.63, 3.8) is 0 Å². The van der Waals surface area contributed by atoms with E-state index in [1.165, 1.54) is 0 Å². The molecule has 1 aliphatic rings. The minimum atomic E-state index is 0.0810. The van der Waals surface area contributed by atoms with Crippen LogP contribution in [0.25, 0.3) is 10.9 Å². The number of pyridine rings is 1. The number of aromatic nitrogens is 1. The van der Waals surface area contributed by atoms with Crippen LogP contribution in [0.5, 0.6) is 0 Å². The third-order valence-corrected chi connectivity index (χ3v) is 4.33. The molecule has 108 valence electrons. The molecule has 0 saturated carbocycles. The molecule has 22 heavy (non-hydrogen) atoms. The predicted octanol–water partition coefficient (Wildman–Crippen LogP) is 3.75. The zero-order valence-corrected chi connectivity index (χ0v) is 12.4. The lowest BCUT2D eigenvalue weighted by Crippen LogP contribution is -2.38. The van der Waals surface area contributed by atoms with Crippen LogP contribution in [0, 0.1) is 6.92 Å². The fourth-order valence-corrected chi connectivity index (χ4v) is 3.25. The summed E-state index contributed by atoms with van der Waals surface area (Å²) in [5, 5.41) is 1.06. The Morgan fingerprint density at radius 3 is 2.77 bits per heavy atom. The number of carbonyl (C=O) groups is 1. The Bertz CT molecular complexity index is 880. The molecule has 2 aromatic carbocycles. The average molecular weight is 288 g/mol. The number of nitrogens with zero attached hydrogens (tertiary/aromatic N) is 2. The van der Waals surface area contributed by atoms with Crippen molar-refractivity contribution in [2.75, 3.05) is 11.4 Å². The molecule has 0 saturated heterocycles. The number of anilines is 1. The molecule has 0 aliphatic carbocycles. The van der Waals surface area contributed by atoms with Gasteiger partial charge in [-0.15, -0.1) is 0 Å². The Hall–Kier alpha value is -2.68. The van der Waals surface area contributed by atoms with E-state index < -0.39 is 0 Å². The van der Waals surface area contributed by atoms with Gasteiger partial charge in [-0.3, -0.25) is 9.78 Å². The maximum atomic E-state index is 13.0. The van der Waals surface area contributed by atoms with Crippen molar-refractivity contribution in [3.05, 3.63) is 71.4 Å². The van der Waals surface area contributed by atoms with Crippen molar-refractivity contribution in [1.29, 1.82) is 0 Å². The number of benzene rings is 2. The normalized spacial score (nSPS) is 14.2. The SMILES string of the molecule is Cc1cccc2c1C(=O)N(c1cccc3cccnc13)CC2. The van der Waals surface area contributed by atoms with Crippen LogP contribution in [0.1, 0.15) is 21.5 Å². The Morgan fingerprint density at radius 2 is 1.86 bits per heavy atom. The number of rotatable bonds is 1. The number of carbonyl (C=O) groups excluding carboxylic acids is 1. The molecule has 0 radical (unpaired) electrons. The lowest BCUT2D eigenvalue weighted by Gasteiger charge is -2.30. The van der Waals surface area contributed by atoms with E-state index in [0.717, 1.165) is 39.7 Å². The largest absolute Gasteiger partial charge is 0.306 e. The van der Waals surface area contributed by atoms with Crippen molar-refractivity contribution in [2.45, 2.75) is 13.3 Å². The summed E-state index contributed by atoms with van der Waals surface area (Å²) in [4.78, 5) is 19.3. The van der Waals surface area contributed by atoms with Crippen LogP contribution in [0.15, 0.2) is 54.7 Å². The first-order valence-corrected chi connectivity index (χ1v) is 7.50. The summed E-state index contributed by atoms with van der Waals surface area (Å²) in [6.45, 7) is 2.70. The van der Waals surface area contributed by atoms with Crippen molar-refractivity contribution >= 4 is 22.5 Å². The van der Waals surface area contributed by atoms with E-state index in [4.69, 9.17) is 0 Å². The first kappa shape index (κ1) is 13.0. The van der Waals surface area contributed by atoms with Crippen LogP contribution in [0.2, 0.25) is 0 Å². The molecule has 3 heteroatoms. The van der Waals surface area contributed by atoms with Gasteiger partial charge >= 0.3 is 0 Å². The number of hydrogen-bond donors (Lipinski definition) is 0. The Balaban J connectivity index is 1.87. The van der Waals surface area contributed by atoms with Gasteiger partial charge in [0.05, 0.1) is 11.2 Å². The second-order valence-electron chi connectivity index (χ2n) is 5.67.